The quantitative estimate of drug-likeness (QED) is 0.493. The number of hydrogen-bond donors (Lipinski definition) is 1. The van der Waals surface area contributed by atoms with Gasteiger partial charge < -0.3 is 10.1 Å². The molecule has 1 saturated carbocycles. The van der Waals surface area contributed by atoms with Gasteiger partial charge in [0.2, 0.25) is 5.91 Å². The van der Waals surface area contributed by atoms with Crippen molar-refractivity contribution in [2.75, 3.05) is 5.75 Å². The highest BCUT2D eigenvalue weighted by molar-refractivity contribution is 7.99. The number of hydrogen-bond acceptors (Lipinski definition) is 5. The molecule has 0 saturated heterocycles. The first-order valence-electron chi connectivity index (χ1n) is 10.2. The Morgan fingerprint density at radius 1 is 1.34 bits per heavy atom. The second-order valence-corrected chi connectivity index (χ2v) is 8.52. The lowest BCUT2D eigenvalue weighted by atomic mass is 9.86. The van der Waals surface area contributed by atoms with Crippen LogP contribution >= 0.6 is 11.8 Å². The van der Waals surface area contributed by atoms with Crippen molar-refractivity contribution in [1.29, 1.82) is 0 Å². The smallest absolute Gasteiger partial charge is 0.230 e. The van der Waals surface area contributed by atoms with Crippen LogP contribution in [0.4, 0.5) is 0 Å². The van der Waals surface area contributed by atoms with E-state index in [4.69, 9.17) is 4.74 Å². The predicted octanol–water partition coefficient (Wildman–Crippen LogP) is 4.14. The number of rotatable bonds is 9. The number of amides is 1. The van der Waals surface area contributed by atoms with Gasteiger partial charge in [-0.1, -0.05) is 55.8 Å². The van der Waals surface area contributed by atoms with Gasteiger partial charge in [-0.05, 0) is 37.3 Å². The molecule has 6 nitrogen and oxygen atoms in total. The van der Waals surface area contributed by atoms with E-state index in [9.17, 15) is 4.79 Å². The van der Waals surface area contributed by atoms with E-state index >= 15 is 0 Å². The third-order valence-electron chi connectivity index (χ3n) is 5.35. The van der Waals surface area contributed by atoms with E-state index in [0.717, 1.165) is 23.6 Å². The molecule has 1 N–H and O–H groups in total. The molecule has 2 atom stereocenters. The van der Waals surface area contributed by atoms with E-state index in [1.165, 1.54) is 31.0 Å². The molecule has 29 heavy (non-hydrogen) atoms. The third kappa shape index (κ3) is 5.85. The Labute approximate surface area is 177 Å². The highest BCUT2D eigenvalue weighted by Crippen LogP contribution is 2.24. The van der Waals surface area contributed by atoms with Gasteiger partial charge in [0.15, 0.2) is 11.0 Å². The molecule has 0 unspecified atom stereocenters. The van der Waals surface area contributed by atoms with Gasteiger partial charge in [0.05, 0.1) is 5.75 Å². The molecule has 1 amide bonds. The summed E-state index contributed by atoms with van der Waals surface area (Å²) < 4.78 is 7.87. The summed E-state index contributed by atoms with van der Waals surface area (Å²) >= 11 is 1.40. The highest BCUT2D eigenvalue weighted by atomic mass is 32.2. The van der Waals surface area contributed by atoms with E-state index in [-0.39, 0.29) is 5.91 Å². The Bertz CT molecular complexity index is 836. The van der Waals surface area contributed by atoms with Gasteiger partial charge in [0, 0.05) is 12.6 Å². The number of para-hydroxylation sites is 1. The minimum Gasteiger partial charge on any atom is -0.485 e. The molecule has 1 aromatic heterocycles. The summed E-state index contributed by atoms with van der Waals surface area (Å²) in [7, 11) is 0. The Hall–Kier alpha value is -2.28. The van der Waals surface area contributed by atoms with Crippen molar-refractivity contribution in [3.8, 4) is 5.75 Å². The molecule has 0 aliphatic heterocycles. The van der Waals surface area contributed by atoms with Crippen LogP contribution in [0.15, 0.2) is 42.1 Å². The van der Waals surface area contributed by atoms with Gasteiger partial charge in [-0.2, -0.15) is 0 Å². The van der Waals surface area contributed by atoms with Crippen LogP contribution in [0.3, 0.4) is 0 Å². The standard InChI is InChI=1S/C22H30N4O2S/c1-4-13-26-20(14-28-19-12-8-6-10-17(19)3)24-25-22(26)29-15-21(27)23-18-11-7-5-9-16(18)2/h4,6,8,10,12,16,18H,1,5,7,9,11,13-15H2,2-3H3,(H,23,27)/t16-,18+/m0/s1. The van der Waals surface area contributed by atoms with E-state index in [2.05, 4.69) is 29.0 Å². The van der Waals surface area contributed by atoms with Crippen LogP contribution in [-0.4, -0.2) is 32.5 Å². The summed E-state index contributed by atoms with van der Waals surface area (Å²) in [6.45, 7) is 8.95. The maximum absolute atomic E-state index is 12.4. The normalized spacial score (nSPS) is 19.0. The lowest BCUT2D eigenvalue weighted by Crippen LogP contribution is -2.41. The fourth-order valence-corrected chi connectivity index (χ4v) is 4.39. The van der Waals surface area contributed by atoms with E-state index in [1.54, 1.807) is 6.08 Å². The molecule has 0 radical (unpaired) electrons. The molecule has 1 fully saturated rings. The predicted molar refractivity (Wildman–Crippen MR) is 116 cm³/mol. The lowest BCUT2D eigenvalue weighted by molar-refractivity contribution is -0.119. The molecule has 7 heteroatoms. The molecular formula is C22H30N4O2S. The zero-order chi connectivity index (χ0) is 20.6. The highest BCUT2D eigenvalue weighted by Gasteiger charge is 2.23. The van der Waals surface area contributed by atoms with Crippen molar-refractivity contribution in [2.24, 2.45) is 5.92 Å². The van der Waals surface area contributed by atoms with Gasteiger partial charge >= 0.3 is 0 Å². The molecule has 1 aromatic carbocycles. The summed E-state index contributed by atoms with van der Waals surface area (Å²) in [5, 5.41) is 12.4. The van der Waals surface area contributed by atoms with Crippen LogP contribution in [0.25, 0.3) is 0 Å². The van der Waals surface area contributed by atoms with Gasteiger partial charge in [0.1, 0.15) is 12.4 Å². The van der Waals surface area contributed by atoms with Crippen molar-refractivity contribution in [3.63, 3.8) is 0 Å². The average molecular weight is 415 g/mol. The van der Waals surface area contributed by atoms with Crippen LogP contribution in [0.1, 0.15) is 44.0 Å². The minimum atomic E-state index is 0.0552. The second-order valence-electron chi connectivity index (χ2n) is 7.58. The number of carbonyl (C=O) groups is 1. The topological polar surface area (TPSA) is 69.0 Å². The molecule has 2 aromatic rings. The number of aromatic nitrogens is 3. The van der Waals surface area contributed by atoms with Gasteiger partial charge in [0.25, 0.3) is 0 Å². The van der Waals surface area contributed by atoms with Crippen molar-refractivity contribution in [2.45, 2.75) is 63.9 Å². The van der Waals surface area contributed by atoms with Crippen molar-refractivity contribution in [1.82, 2.24) is 20.1 Å². The summed E-state index contributed by atoms with van der Waals surface area (Å²) in [6, 6.07) is 8.17. The zero-order valence-corrected chi connectivity index (χ0v) is 18.1. The second kappa shape index (κ2) is 10.5. The molecule has 0 bridgehead atoms. The van der Waals surface area contributed by atoms with Crippen molar-refractivity contribution in [3.05, 3.63) is 48.3 Å². The number of ether oxygens (including phenoxy) is 1. The first kappa shape index (κ1) is 21.4. The third-order valence-corrected chi connectivity index (χ3v) is 6.31. The Morgan fingerprint density at radius 2 is 2.14 bits per heavy atom. The number of benzene rings is 1. The van der Waals surface area contributed by atoms with Gasteiger partial charge in [-0.15, -0.1) is 16.8 Å². The minimum absolute atomic E-state index is 0.0552. The average Bonchev–Trinajstić information content (AvgIpc) is 3.09. The Kier molecular flexibility index (Phi) is 7.75. The SMILES string of the molecule is C=CCn1c(COc2ccccc2C)nnc1SCC(=O)N[C@@H]1CCCC[C@@H]1C. The number of nitrogens with zero attached hydrogens (tertiary/aromatic N) is 3. The molecule has 156 valence electrons. The molecule has 3 rings (SSSR count). The first-order valence-corrected chi connectivity index (χ1v) is 11.2. The monoisotopic (exact) mass is 414 g/mol. The number of aryl methyl sites for hydroxylation is 1. The first-order chi connectivity index (χ1) is 14.1. The molecule has 0 spiro atoms. The lowest BCUT2D eigenvalue weighted by Gasteiger charge is -2.29. The van der Waals surface area contributed by atoms with Gasteiger partial charge in [-0.25, -0.2) is 0 Å². The maximum atomic E-state index is 12.4. The van der Waals surface area contributed by atoms with Crippen LogP contribution in [0.2, 0.25) is 0 Å². The summed E-state index contributed by atoms with van der Waals surface area (Å²) in [5.74, 6) is 2.48. The van der Waals surface area contributed by atoms with Crippen molar-refractivity contribution < 1.29 is 9.53 Å². The molecule has 1 aliphatic carbocycles. The van der Waals surface area contributed by atoms with E-state index < -0.39 is 0 Å². The number of allylic oxidation sites excluding steroid dienone is 1. The fraction of sp³-hybridized carbons (Fsp3) is 0.500. The van der Waals surface area contributed by atoms with E-state index in [0.29, 0.717) is 36.0 Å². The molecule has 1 heterocycles. The Balaban J connectivity index is 1.58. The summed E-state index contributed by atoms with van der Waals surface area (Å²) in [6.07, 6.45) is 6.52. The number of thioether (sulfide) groups is 1. The van der Waals surface area contributed by atoms with Crippen molar-refractivity contribution >= 4 is 17.7 Å². The number of nitrogens with one attached hydrogen (secondary N) is 1. The van der Waals surface area contributed by atoms with Crippen LogP contribution in [0, 0.1) is 12.8 Å². The van der Waals surface area contributed by atoms with Crippen LogP contribution in [0.5, 0.6) is 5.75 Å². The van der Waals surface area contributed by atoms with Crippen LogP contribution < -0.4 is 10.1 Å². The number of carbonyl (C=O) groups excluding carboxylic acids is 1. The summed E-state index contributed by atoms with van der Waals surface area (Å²) in [5.41, 5.74) is 1.07. The molecular weight excluding hydrogens is 384 g/mol. The largest absolute Gasteiger partial charge is 0.485 e. The maximum Gasteiger partial charge on any atom is 0.230 e. The van der Waals surface area contributed by atoms with Crippen LogP contribution in [-0.2, 0) is 17.9 Å². The Morgan fingerprint density at radius 3 is 2.90 bits per heavy atom. The fourth-order valence-electron chi connectivity index (χ4n) is 3.61. The zero-order valence-electron chi connectivity index (χ0n) is 17.3. The van der Waals surface area contributed by atoms with E-state index in [1.807, 2.05) is 35.8 Å². The summed E-state index contributed by atoms with van der Waals surface area (Å²) in [4.78, 5) is 12.4. The van der Waals surface area contributed by atoms with Gasteiger partial charge in [-0.3, -0.25) is 9.36 Å². The molecule has 1 aliphatic rings.